The van der Waals surface area contributed by atoms with Crippen LogP contribution in [0.1, 0.15) is 17.2 Å². The Bertz CT molecular complexity index is 988. The lowest BCUT2D eigenvalue weighted by molar-refractivity contribution is -0.135. The van der Waals surface area contributed by atoms with Gasteiger partial charge in [-0.15, -0.1) is 0 Å². The van der Waals surface area contributed by atoms with Gasteiger partial charge in [0.1, 0.15) is 5.75 Å². The molecule has 6 heteroatoms. The number of halogens is 2. The SMILES string of the molecule is O=C(COc1ccc(Cl)cc1)N1CCN([C@@H](c2ccccc2)c2ccc(Br)cc2)CC1. The van der Waals surface area contributed by atoms with Crippen LogP contribution >= 0.6 is 27.5 Å². The Morgan fingerprint density at radius 1 is 0.871 bits per heavy atom. The molecule has 1 aliphatic heterocycles. The number of hydrogen-bond donors (Lipinski definition) is 0. The zero-order valence-corrected chi connectivity index (χ0v) is 19.4. The Labute approximate surface area is 196 Å². The predicted molar refractivity (Wildman–Crippen MR) is 128 cm³/mol. The van der Waals surface area contributed by atoms with Crippen molar-refractivity contribution in [1.82, 2.24) is 9.80 Å². The summed E-state index contributed by atoms with van der Waals surface area (Å²) in [6, 6.07) is 26.3. The molecule has 0 spiro atoms. The van der Waals surface area contributed by atoms with E-state index >= 15 is 0 Å². The maximum absolute atomic E-state index is 12.6. The molecule has 0 bridgehead atoms. The van der Waals surface area contributed by atoms with Crippen LogP contribution in [-0.4, -0.2) is 48.5 Å². The fraction of sp³-hybridized carbons (Fsp3) is 0.240. The zero-order chi connectivity index (χ0) is 21.6. The average molecular weight is 500 g/mol. The summed E-state index contributed by atoms with van der Waals surface area (Å²) < 4.78 is 6.70. The first kappa shape index (κ1) is 21.9. The number of nitrogens with zero attached hydrogens (tertiary/aromatic N) is 2. The number of carbonyl (C=O) groups excluding carboxylic acids is 1. The second-order valence-electron chi connectivity index (χ2n) is 7.52. The van der Waals surface area contributed by atoms with E-state index in [0.717, 1.165) is 17.6 Å². The van der Waals surface area contributed by atoms with E-state index < -0.39 is 0 Å². The highest BCUT2D eigenvalue weighted by Crippen LogP contribution is 2.30. The third-order valence-electron chi connectivity index (χ3n) is 5.51. The van der Waals surface area contributed by atoms with E-state index in [1.807, 2.05) is 11.0 Å². The molecule has 160 valence electrons. The van der Waals surface area contributed by atoms with E-state index in [2.05, 4.69) is 69.4 Å². The van der Waals surface area contributed by atoms with Crippen molar-refractivity contribution in [2.75, 3.05) is 32.8 Å². The van der Waals surface area contributed by atoms with Crippen LogP contribution in [0.25, 0.3) is 0 Å². The van der Waals surface area contributed by atoms with E-state index in [1.165, 1.54) is 11.1 Å². The van der Waals surface area contributed by atoms with Crippen LogP contribution in [0.3, 0.4) is 0 Å². The van der Waals surface area contributed by atoms with Gasteiger partial charge in [-0.05, 0) is 47.5 Å². The van der Waals surface area contributed by atoms with Gasteiger partial charge in [-0.2, -0.15) is 0 Å². The lowest BCUT2D eigenvalue weighted by Crippen LogP contribution is -2.51. The summed E-state index contributed by atoms with van der Waals surface area (Å²) in [6.45, 7) is 3.02. The lowest BCUT2D eigenvalue weighted by Gasteiger charge is -2.39. The molecule has 4 rings (SSSR count). The normalized spacial score (nSPS) is 15.5. The first-order valence-corrected chi connectivity index (χ1v) is 11.5. The number of carbonyl (C=O) groups is 1. The molecule has 0 aliphatic carbocycles. The summed E-state index contributed by atoms with van der Waals surface area (Å²) in [7, 11) is 0. The second kappa shape index (κ2) is 10.3. The number of hydrogen-bond acceptors (Lipinski definition) is 3. The van der Waals surface area contributed by atoms with E-state index in [-0.39, 0.29) is 18.6 Å². The molecule has 0 saturated carbocycles. The molecule has 1 fully saturated rings. The molecule has 31 heavy (non-hydrogen) atoms. The highest BCUT2D eigenvalue weighted by Gasteiger charge is 2.28. The molecule has 3 aromatic rings. The minimum absolute atomic E-state index is 0.00880. The van der Waals surface area contributed by atoms with Gasteiger partial charge in [-0.25, -0.2) is 0 Å². The van der Waals surface area contributed by atoms with Gasteiger partial charge in [-0.3, -0.25) is 9.69 Å². The van der Waals surface area contributed by atoms with Gasteiger partial charge >= 0.3 is 0 Å². The van der Waals surface area contributed by atoms with Gasteiger partial charge in [0.2, 0.25) is 0 Å². The molecule has 4 nitrogen and oxygen atoms in total. The van der Waals surface area contributed by atoms with E-state index in [9.17, 15) is 4.79 Å². The molecule has 1 aliphatic rings. The van der Waals surface area contributed by atoms with Crippen molar-refractivity contribution >= 4 is 33.4 Å². The van der Waals surface area contributed by atoms with Gasteiger partial charge in [0, 0.05) is 35.7 Å². The molecule has 0 radical (unpaired) electrons. The van der Waals surface area contributed by atoms with Crippen LogP contribution in [-0.2, 0) is 4.79 Å². The van der Waals surface area contributed by atoms with Crippen molar-refractivity contribution in [2.24, 2.45) is 0 Å². The molecular weight excluding hydrogens is 476 g/mol. The maximum Gasteiger partial charge on any atom is 0.260 e. The monoisotopic (exact) mass is 498 g/mol. The quantitative estimate of drug-likeness (QED) is 0.454. The van der Waals surface area contributed by atoms with E-state index in [4.69, 9.17) is 16.3 Å². The number of benzene rings is 3. The standard InChI is InChI=1S/C25H24BrClN2O2/c26-21-8-6-20(7-9-21)25(19-4-2-1-3-5-19)29-16-14-28(15-17-29)24(30)18-31-23-12-10-22(27)11-13-23/h1-13,25H,14-18H2/t25-/m0/s1. The van der Waals surface area contributed by atoms with Crippen LogP contribution < -0.4 is 4.74 Å². The third-order valence-corrected chi connectivity index (χ3v) is 6.29. The summed E-state index contributed by atoms with van der Waals surface area (Å²) in [5, 5.41) is 0.647. The van der Waals surface area contributed by atoms with Gasteiger partial charge in [-0.1, -0.05) is 70.0 Å². The van der Waals surface area contributed by atoms with Crippen LogP contribution in [0.5, 0.6) is 5.75 Å². The van der Waals surface area contributed by atoms with Gasteiger partial charge in [0.25, 0.3) is 5.91 Å². The Morgan fingerprint density at radius 3 is 2.13 bits per heavy atom. The van der Waals surface area contributed by atoms with Crippen molar-refractivity contribution < 1.29 is 9.53 Å². The lowest BCUT2D eigenvalue weighted by atomic mass is 9.96. The van der Waals surface area contributed by atoms with Crippen LogP contribution in [0, 0.1) is 0 Å². The first-order valence-electron chi connectivity index (χ1n) is 10.3. The largest absolute Gasteiger partial charge is 0.484 e. The van der Waals surface area contributed by atoms with Crippen molar-refractivity contribution in [1.29, 1.82) is 0 Å². The molecular formula is C25H24BrClN2O2. The smallest absolute Gasteiger partial charge is 0.260 e. The van der Waals surface area contributed by atoms with Gasteiger partial charge in [0.15, 0.2) is 6.61 Å². The average Bonchev–Trinajstić information content (AvgIpc) is 2.81. The number of rotatable bonds is 6. The highest BCUT2D eigenvalue weighted by atomic mass is 79.9. The summed E-state index contributed by atoms with van der Waals surface area (Å²) in [6.07, 6.45) is 0. The third kappa shape index (κ3) is 5.67. The number of ether oxygens (including phenoxy) is 1. The van der Waals surface area contributed by atoms with E-state index in [0.29, 0.717) is 23.9 Å². The summed E-state index contributed by atoms with van der Waals surface area (Å²) >= 11 is 9.42. The molecule has 0 unspecified atom stereocenters. The Balaban J connectivity index is 1.40. The number of amides is 1. The summed E-state index contributed by atoms with van der Waals surface area (Å²) in [5.74, 6) is 0.658. The maximum atomic E-state index is 12.6. The summed E-state index contributed by atoms with van der Waals surface area (Å²) in [4.78, 5) is 17.0. The van der Waals surface area contributed by atoms with Gasteiger partial charge in [0.05, 0.1) is 6.04 Å². The first-order chi connectivity index (χ1) is 15.1. The molecule has 3 aromatic carbocycles. The number of piperazine rings is 1. The molecule has 0 N–H and O–H groups in total. The fourth-order valence-electron chi connectivity index (χ4n) is 3.89. The molecule has 1 saturated heterocycles. The fourth-order valence-corrected chi connectivity index (χ4v) is 4.28. The Morgan fingerprint density at radius 2 is 1.48 bits per heavy atom. The van der Waals surface area contributed by atoms with Crippen LogP contribution in [0.2, 0.25) is 5.02 Å². The van der Waals surface area contributed by atoms with Crippen molar-refractivity contribution in [3.63, 3.8) is 0 Å². The van der Waals surface area contributed by atoms with Gasteiger partial charge < -0.3 is 9.64 Å². The van der Waals surface area contributed by atoms with Crippen LogP contribution in [0.15, 0.2) is 83.3 Å². The predicted octanol–water partition coefficient (Wildman–Crippen LogP) is 5.42. The Hall–Kier alpha value is -2.34. The second-order valence-corrected chi connectivity index (χ2v) is 8.88. The Kier molecular flexibility index (Phi) is 7.28. The van der Waals surface area contributed by atoms with E-state index in [1.54, 1.807) is 24.3 Å². The van der Waals surface area contributed by atoms with Crippen molar-refractivity contribution in [2.45, 2.75) is 6.04 Å². The minimum atomic E-state index is 0.00880. The molecule has 0 aromatic heterocycles. The highest BCUT2D eigenvalue weighted by molar-refractivity contribution is 9.10. The topological polar surface area (TPSA) is 32.8 Å². The molecule has 1 amide bonds. The van der Waals surface area contributed by atoms with Crippen molar-refractivity contribution in [3.8, 4) is 5.75 Å². The molecule has 1 heterocycles. The zero-order valence-electron chi connectivity index (χ0n) is 17.1. The summed E-state index contributed by atoms with van der Waals surface area (Å²) in [5.41, 5.74) is 2.51. The van der Waals surface area contributed by atoms with Crippen molar-refractivity contribution in [3.05, 3.63) is 99.5 Å². The van der Waals surface area contributed by atoms with Crippen LogP contribution in [0.4, 0.5) is 0 Å². The molecule has 1 atom stereocenters. The minimum Gasteiger partial charge on any atom is -0.484 e.